The van der Waals surface area contributed by atoms with Crippen LogP contribution < -0.4 is 0 Å². The van der Waals surface area contributed by atoms with E-state index in [4.69, 9.17) is 0 Å². The van der Waals surface area contributed by atoms with Crippen LogP contribution in [0.4, 0.5) is 13.2 Å². The lowest BCUT2D eigenvalue weighted by Gasteiger charge is -2.10. The summed E-state index contributed by atoms with van der Waals surface area (Å²) in [6.07, 6.45) is -3.90. The zero-order chi connectivity index (χ0) is 11.9. The number of hydrogen-bond acceptors (Lipinski definition) is 2. The molecule has 2 aromatic rings. The highest BCUT2D eigenvalue weighted by Crippen LogP contribution is 2.31. The molecule has 2 heterocycles. The van der Waals surface area contributed by atoms with Crippen molar-refractivity contribution in [1.82, 2.24) is 14.6 Å². The number of aryl methyl sites for hydroxylation is 2. The second-order valence-electron chi connectivity index (χ2n) is 3.51. The average Bonchev–Trinajstić information content (AvgIpc) is 2.57. The SMILES string of the molecule is CCc1nc2ccc(C)c(C(F)(F)F)n2n1. The average molecular weight is 229 g/mol. The molecule has 0 atom stereocenters. The molecule has 0 aliphatic carbocycles. The number of rotatable bonds is 1. The van der Waals surface area contributed by atoms with E-state index in [0.717, 1.165) is 4.52 Å². The van der Waals surface area contributed by atoms with Gasteiger partial charge in [-0.15, -0.1) is 0 Å². The van der Waals surface area contributed by atoms with E-state index in [2.05, 4.69) is 10.1 Å². The van der Waals surface area contributed by atoms with Gasteiger partial charge in [0.05, 0.1) is 0 Å². The van der Waals surface area contributed by atoms with Crippen molar-refractivity contribution in [1.29, 1.82) is 0 Å². The van der Waals surface area contributed by atoms with Gasteiger partial charge < -0.3 is 0 Å². The Labute approximate surface area is 89.9 Å². The van der Waals surface area contributed by atoms with Crippen molar-refractivity contribution in [3.63, 3.8) is 0 Å². The van der Waals surface area contributed by atoms with Crippen LogP contribution in [0.25, 0.3) is 5.65 Å². The van der Waals surface area contributed by atoms with Crippen molar-refractivity contribution in [2.45, 2.75) is 26.4 Å². The minimum atomic E-state index is -4.41. The van der Waals surface area contributed by atoms with Crippen molar-refractivity contribution in [3.05, 3.63) is 29.2 Å². The number of alkyl halides is 3. The molecule has 86 valence electrons. The molecular formula is C10H10F3N3. The van der Waals surface area contributed by atoms with E-state index in [-0.39, 0.29) is 11.2 Å². The van der Waals surface area contributed by atoms with Crippen LogP contribution in [0.15, 0.2) is 12.1 Å². The molecule has 0 aromatic carbocycles. The highest BCUT2D eigenvalue weighted by atomic mass is 19.4. The lowest BCUT2D eigenvalue weighted by atomic mass is 10.2. The summed E-state index contributed by atoms with van der Waals surface area (Å²) in [6.45, 7) is 3.21. The summed E-state index contributed by atoms with van der Waals surface area (Å²) in [6, 6.07) is 2.95. The van der Waals surface area contributed by atoms with E-state index >= 15 is 0 Å². The molecule has 16 heavy (non-hydrogen) atoms. The first kappa shape index (κ1) is 10.9. The molecule has 0 amide bonds. The van der Waals surface area contributed by atoms with Gasteiger partial charge in [-0.25, -0.2) is 9.50 Å². The Morgan fingerprint density at radius 2 is 2.00 bits per heavy atom. The molecule has 0 bridgehead atoms. The number of hydrogen-bond donors (Lipinski definition) is 0. The molecule has 3 nitrogen and oxygen atoms in total. The molecule has 0 spiro atoms. The van der Waals surface area contributed by atoms with Gasteiger partial charge in [0.25, 0.3) is 0 Å². The maximum atomic E-state index is 12.8. The normalized spacial score (nSPS) is 12.3. The van der Waals surface area contributed by atoms with Crippen LogP contribution in [-0.4, -0.2) is 14.6 Å². The lowest BCUT2D eigenvalue weighted by molar-refractivity contribution is -0.143. The van der Waals surface area contributed by atoms with Crippen LogP contribution in [0, 0.1) is 6.92 Å². The van der Waals surface area contributed by atoms with E-state index in [9.17, 15) is 13.2 Å². The van der Waals surface area contributed by atoms with Crippen molar-refractivity contribution in [3.8, 4) is 0 Å². The van der Waals surface area contributed by atoms with Crippen molar-refractivity contribution in [2.24, 2.45) is 0 Å². The number of fused-ring (bicyclic) bond motifs is 1. The number of pyridine rings is 1. The Morgan fingerprint density at radius 1 is 1.31 bits per heavy atom. The summed E-state index contributed by atoms with van der Waals surface area (Å²) >= 11 is 0. The molecule has 0 aliphatic rings. The lowest BCUT2D eigenvalue weighted by Crippen LogP contribution is -2.14. The highest BCUT2D eigenvalue weighted by molar-refractivity contribution is 5.42. The molecule has 0 saturated heterocycles. The van der Waals surface area contributed by atoms with Gasteiger partial charge in [-0.05, 0) is 18.6 Å². The third-order valence-electron chi connectivity index (χ3n) is 2.33. The predicted octanol–water partition coefficient (Wildman–Crippen LogP) is 2.62. The van der Waals surface area contributed by atoms with Gasteiger partial charge in [-0.3, -0.25) is 0 Å². The molecule has 0 radical (unpaired) electrons. The Morgan fingerprint density at radius 3 is 2.56 bits per heavy atom. The van der Waals surface area contributed by atoms with E-state index in [0.29, 0.717) is 12.2 Å². The first-order valence-electron chi connectivity index (χ1n) is 4.86. The fraction of sp³-hybridized carbons (Fsp3) is 0.400. The third-order valence-corrected chi connectivity index (χ3v) is 2.33. The third kappa shape index (κ3) is 1.64. The van der Waals surface area contributed by atoms with Gasteiger partial charge in [0, 0.05) is 6.42 Å². The second kappa shape index (κ2) is 3.47. The number of nitrogens with zero attached hydrogens (tertiary/aromatic N) is 3. The van der Waals surface area contributed by atoms with Crippen LogP contribution >= 0.6 is 0 Å². The maximum Gasteiger partial charge on any atom is 0.433 e. The van der Waals surface area contributed by atoms with Crippen LogP contribution in [0.2, 0.25) is 0 Å². The van der Waals surface area contributed by atoms with Crippen molar-refractivity contribution in [2.75, 3.05) is 0 Å². The second-order valence-corrected chi connectivity index (χ2v) is 3.51. The first-order valence-corrected chi connectivity index (χ1v) is 4.86. The standard InChI is InChI=1S/C10H10F3N3/c1-3-7-14-8-5-4-6(2)9(10(11,12)13)16(8)15-7/h4-5H,3H2,1-2H3. The molecule has 0 saturated carbocycles. The number of halogens is 3. The predicted molar refractivity (Wildman–Crippen MR) is 52.1 cm³/mol. The smallest absolute Gasteiger partial charge is 0.212 e. The van der Waals surface area contributed by atoms with E-state index < -0.39 is 11.9 Å². The molecule has 2 rings (SSSR count). The Bertz CT molecular complexity index is 528. The first-order chi connectivity index (χ1) is 7.43. The minimum Gasteiger partial charge on any atom is -0.212 e. The monoisotopic (exact) mass is 229 g/mol. The molecule has 0 unspecified atom stereocenters. The molecule has 0 N–H and O–H groups in total. The maximum absolute atomic E-state index is 12.8. The Balaban J connectivity index is 2.78. The number of aromatic nitrogens is 3. The Hall–Kier alpha value is -1.59. The van der Waals surface area contributed by atoms with Crippen molar-refractivity contribution < 1.29 is 13.2 Å². The molecule has 2 aromatic heterocycles. The quantitative estimate of drug-likeness (QED) is 0.752. The van der Waals surface area contributed by atoms with Crippen LogP contribution in [-0.2, 0) is 12.6 Å². The summed E-state index contributed by atoms with van der Waals surface area (Å²) in [5.41, 5.74) is -0.375. The fourth-order valence-corrected chi connectivity index (χ4v) is 1.58. The summed E-state index contributed by atoms with van der Waals surface area (Å²) in [5, 5.41) is 3.84. The molecule has 0 fully saturated rings. The van der Waals surface area contributed by atoms with E-state index in [1.54, 1.807) is 6.92 Å². The summed E-state index contributed by atoms with van der Waals surface area (Å²) in [4.78, 5) is 4.00. The van der Waals surface area contributed by atoms with E-state index in [1.165, 1.54) is 19.1 Å². The molecule has 0 aliphatic heterocycles. The zero-order valence-electron chi connectivity index (χ0n) is 8.84. The van der Waals surface area contributed by atoms with E-state index in [1.807, 2.05) is 0 Å². The molecule has 6 heteroatoms. The van der Waals surface area contributed by atoms with Gasteiger partial charge in [-0.1, -0.05) is 13.0 Å². The molecular weight excluding hydrogens is 219 g/mol. The summed E-state index contributed by atoms with van der Waals surface area (Å²) in [7, 11) is 0. The largest absolute Gasteiger partial charge is 0.433 e. The topological polar surface area (TPSA) is 30.2 Å². The summed E-state index contributed by atoms with van der Waals surface area (Å²) < 4.78 is 39.3. The Kier molecular flexibility index (Phi) is 2.36. The van der Waals surface area contributed by atoms with Crippen LogP contribution in [0.5, 0.6) is 0 Å². The highest BCUT2D eigenvalue weighted by Gasteiger charge is 2.36. The summed E-state index contributed by atoms with van der Waals surface area (Å²) in [5.74, 6) is 0.413. The van der Waals surface area contributed by atoms with Crippen LogP contribution in [0.3, 0.4) is 0 Å². The zero-order valence-corrected chi connectivity index (χ0v) is 8.84. The van der Waals surface area contributed by atoms with Crippen molar-refractivity contribution >= 4 is 5.65 Å². The van der Waals surface area contributed by atoms with Crippen LogP contribution in [0.1, 0.15) is 24.0 Å². The van der Waals surface area contributed by atoms with Gasteiger partial charge in [0.15, 0.2) is 17.2 Å². The minimum absolute atomic E-state index is 0.146. The van der Waals surface area contributed by atoms with Gasteiger partial charge in [-0.2, -0.15) is 18.3 Å². The fourth-order valence-electron chi connectivity index (χ4n) is 1.58. The van der Waals surface area contributed by atoms with Gasteiger partial charge >= 0.3 is 6.18 Å². The van der Waals surface area contributed by atoms with Gasteiger partial charge in [0.1, 0.15) is 0 Å². The van der Waals surface area contributed by atoms with Gasteiger partial charge in [0.2, 0.25) is 0 Å².